The zero-order valence-corrected chi connectivity index (χ0v) is 11.6. The lowest BCUT2D eigenvalue weighted by Crippen LogP contribution is -2.27. The normalized spacial score (nSPS) is 15.1. The van der Waals surface area contributed by atoms with Gasteiger partial charge < -0.3 is 9.88 Å². The van der Waals surface area contributed by atoms with E-state index < -0.39 is 10.8 Å². The van der Waals surface area contributed by atoms with Crippen LogP contribution in [0.15, 0.2) is 6.07 Å². The lowest BCUT2D eigenvalue weighted by molar-refractivity contribution is 0.645. The van der Waals surface area contributed by atoms with Crippen LogP contribution >= 0.6 is 0 Å². The average Bonchev–Trinajstić information content (AvgIpc) is 2.46. The summed E-state index contributed by atoms with van der Waals surface area (Å²) in [5.74, 6) is 0. The lowest BCUT2D eigenvalue weighted by atomic mass is 10.2. The van der Waals surface area contributed by atoms with Gasteiger partial charge in [0.25, 0.3) is 0 Å². The smallest absolute Gasteiger partial charge is 0.0441 e. The molecule has 1 aromatic heterocycles. The van der Waals surface area contributed by atoms with Gasteiger partial charge in [-0.05, 0) is 32.4 Å². The molecule has 3 nitrogen and oxygen atoms in total. The highest BCUT2D eigenvalue weighted by atomic mass is 32.2. The number of hydrogen-bond acceptors (Lipinski definition) is 2. The second-order valence-electron chi connectivity index (χ2n) is 4.40. The van der Waals surface area contributed by atoms with Crippen molar-refractivity contribution in [2.75, 3.05) is 12.8 Å². The fourth-order valence-corrected chi connectivity index (χ4v) is 1.99. The first-order valence-electron chi connectivity index (χ1n) is 5.58. The van der Waals surface area contributed by atoms with Crippen molar-refractivity contribution in [2.45, 2.75) is 32.6 Å². The van der Waals surface area contributed by atoms with Crippen molar-refractivity contribution >= 4 is 10.8 Å². The van der Waals surface area contributed by atoms with Gasteiger partial charge in [0.1, 0.15) is 0 Å². The maximum absolute atomic E-state index is 11.2. The standard InChI is InChI=1S/C12H22N2OS/c1-9-6-12(11(3)14(9)4)8-13-7-10(2)16(5)15/h6,10,13H,7-8H2,1-5H3. The fourth-order valence-electron chi connectivity index (χ4n) is 1.64. The predicted molar refractivity (Wildman–Crippen MR) is 70.1 cm³/mol. The molecule has 0 aliphatic rings. The van der Waals surface area contributed by atoms with Crippen molar-refractivity contribution in [1.29, 1.82) is 0 Å². The molecule has 4 heteroatoms. The van der Waals surface area contributed by atoms with E-state index in [0.717, 1.165) is 13.1 Å². The summed E-state index contributed by atoms with van der Waals surface area (Å²) in [5.41, 5.74) is 3.91. The Balaban J connectivity index is 2.49. The van der Waals surface area contributed by atoms with Crippen LogP contribution in [0.1, 0.15) is 23.9 Å². The molecule has 2 unspecified atom stereocenters. The van der Waals surface area contributed by atoms with Crippen LogP contribution in [0.3, 0.4) is 0 Å². The maximum atomic E-state index is 11.2. The van der Waals surface area contributed by atoms with E-state index in [9.17, 15) is 4.21 Å². The minimum Gasteiger partial charge on any atom is -0.352 e. The molecular weight excluding hydrogens is 220 g/mol. The van der Waals surface area contributed by atoms with Crippen LogP contribution in [-0.2, 0) is 24.4 Å². The molecule has 0 fully saturated rings. The van der Waals surface area contributed by atoms with E-state index >= 15 is 0 Å². The minimum atomic E-state index is -0.740. The molecule has 0 aliphatic heterocycles. The van der Waals surface area contributed by atoms with Crippen molar-refractivity contribution in [3.05, 3.63) is 23.0 Å². The zero-order chi connectivity index (χ0) is 12.3. The van der Waals surface area contributed by atoms with Crippen LogP contribution in [0, 0.1) is 13.8 Å². The second-order valence-corrected chi connectivity index (χ2v) is 6.20. The molecule has 0 aromatic carbocycles. The molecule has 0 spiro atoms. The molecule has 1 heterocycles. The Hall–Kier alpha value is -0.610. The second kappa shape index (κ2) is 5.64. The van der Waals surface area contributed by atoms with Gasteiger partial charge in [-0.2, -0.15) is 0 Å². The Morgan fingerprint density at radius 2 is 2.12 bits per heavy atom. The summed E-state index contributed by atoms with van der Waals surface area (Å²) in [6, 6.07) is 2.20. The molecule has 1 rings (SSSR count). The van der Waals surface area contributed by atoms with E-state index in [1.807, 2.05) is 6.92 Å². The highest BCUT2D eigenvalue weighted by molar-refractivity contribution is 7.84. The number of aromatic nitrogens is 1. The van der Waals surface area contributed by atoms with Crippen LogP contribution in [-0.4, -0.2) is 26.8 Å². The molecule has 92 valence electrons. The zero-order valence-electron chi connectivity index (χ0n) is 10.8. The topological polar surface area (TPSA) is 34.0 Å². The van der Waals surface area contributed by atoms with Gasteiger partial charge in [0.05, 0.1) is 0 Å². The molecule has 1 aromatic rings. The Morgan fingerprint density at radius 1 is 1.50 bits per heavy atom. The van der Waals surface area contributed by atoms with Gasteiger partial charge in [0.15, 0.2) is 0 Å². The van der Waals surface area contributed by atoms with Gasteiger partial charge in [-0.15, -0.1) is 0 Å². The Labute approximate surface area is 101 Å². The van der Waals surface area contributed by atoms with Crippen LogP contribution in [0.4, 0.5) is 0 Å². The number of nitrogens with one attached hydrogen (secondary N) is 1. The van der Waals surface area contributed by atoms with E-state index in [4.69, 9.17) is 0 Å². The monoisotopic (exact) mass is 242 g/mol. The summed E-state index contributed by atoms with van der Waals surface area (Å²) in [6.45, 7) is 7.91. The fraction of sp³-hybridized carbons (Fsp3) is 0.667. The van der Waals surface area contributed by atoms with Gasteiger partial charge in [-0.25, -0.2) is 0 Å². The van der Waals surface area contributed by atoms with Gasteiger partial charge in [-0.3, -0.25) is 4.21 Å². The predicted octanol–water partition coefficient (Wildman–Crippen LogP) is 1.50. The van der Waals surface area contributed by atoms with Crippen molar-refractivity contribution < 1.29 is 4.21 Å². The molecule has 0 aliphatic carbocycles. The van der Waals surface area contributed by atoms with Gasteiger partial charge in [0, 0.05) is 53.8 Å². The summed E-state index contributed by atoms with van der Waals surface area (Å²) < 4.78 is 13.4. The largest absolute Gasteiger partial charge is 0.352 e. The Kier molecular flexibility index (Phi) is 4.74. The molecule has 0 radical (unpaired) electrons. The average molecular weight is 242 g/mol. The van der Waals surface area contributed by atoms with Crippen LogP contribution < -0.4 is 5.32 Å². The van der Waals surface area contributed by atoms with Gasteiger partial charge >= 0.3 is 0 Å². The Bertz CT molecular complexity index is 385. The summed E-state index contributed by atoms with van der Waals surface area (Å²) in [5, 5.41) is 3.57. The minimum absolute atomic E-state index is 0.213. The van der Waals surface area contributed by atoms with Crippen molar-refractivity contribution in [2.24, 2.45) is 7.05 Å². The third-order valence-corrected chi connectivity index (χ3v) is 4.49. The van der Waals surface area contributed by atoms with E-state index in [2.05, 4.69) is 36.8 Å². The lowest BCUT2D eigenvalue weighted by Gasteiger charge is -2.09. The number of aryl methyl sites for hydroxylation is 1. The molecule has 2 atom stereocenters. The molecule has 1 N–H and O–H groups in total. The first kappa shape index (κ1) is 13.5. The third-order valence-electron chi connectivity index (χ3n) is 3.19. The number of nitrogens with zero attached hydrogens (tertiary/aromatic N) is 1. The van der Waals surface area contributed by atoms with Crippen molar-refractivity contribution in [3.8, 4) is 0 Å². The van der Waals surface area contributed by atoms with E-state index in [-0.39, 0.29) is 5.25 Å². The summed E-state index contributed by atoms with van der Waals surface area (Å²) >= 11 is 0. The van der Waals surface area contributed by atoms with Crippen LogP contribution in [0.25, 0.3) is 0 Å². The van der Waals surface area contributed by atoms with Crippen molar-refractivity contribution in [3.63, 3.8) is 0 Å². The SMILES string of the molecule is Cc1cc(CNCC(C)S(C)=O)c(C)n1C. The molecular formula is C12H22N2OS. The van der Waals surface area contributed by atoms with Gasteiger partial charge in [-0.1, -0.05) is 0 Å². The molecule has 0 saturated carbocycles. The molecule has 16 heavy (non-hydrogen) atoms. The molecule has 0 bridgehead atoms. The van der Waals surface area contributed by atoms with Crippen LogP contribution in [0.2, 0.25) is 0 Å². The molecule has 0 amide bonds. The third kappa shape index (κ3) is 3.19. The first-order valence-corrected chi connectivity index (χ1v) is 7.20. The van der Waals surface area contributed by atoms with Gasteiger partial charge in [0.2, 0.25) is 0 Å². The summed E-state index contributed by atoms with van der Waals surface area (Å²) in [6.07, 6.45) is 1.75. The summed E-state index contributed by atoms with van der Waals surface area (Å²) in [4.78, 5) is 0. The maximum Gasteiger partial charge on any atom is 0.0441 e. The molecule has 0 saturated heterocycles. The number of rotatable bonds is 5. The highest BCUT2D eigenvalue weighted by Gasteiger charge is 2.08. The summed E-state index contributed by atoms with van der Waals surface area (Å²) in [7, 11) is 1.34. The van der Waals surface area contributed by atoms with Crippen LogP contribution in [0.5, 0.6) is 0 Å². The number of hydrogen-bond donors (Lipinski definition) is 1. The van der Waals surface area contributed by atoms with E-state index in [0.29, 0.717) is 0 Å². The van der Waals surface area contributed by atoms with E-state index in [1.54, 1.807) is 6.26 Å². The highest BCUT2D eigenvalue weighted by Crippen LogP contribution is 2.12. The quantitative estimate of drug-likeness (QED) is 0.849. The van der Waals surface area contributed by atoms with E-state index in [1.165, 1.54) is 17.0 Å². The first-order chi connectivity index (χ1) is 7.43. The van der Waals surface area contributed by atoms with Crippen molar-refractivity contribution in [1.82, 2.24) is 9.88 Å². The Morgan fingerprint density at radius 3 is 2.56 bits per heavy atom.